The Morgan fingerprint density at radius 2 is 1.90 bits per heavy atom. The minimum atomic E-state index is -0.448. The van der Waals surface area contributed by atoms with Crippen molar-refractivity contribution >= 4 is 17.3 Å². The summed E-state index contributed by atoms with van der Waals surface area (Å²) in [5, 5.41) is 23.1. The first-order valence-corrected chi connectivity index (χ1v) is 9.76. The highest BCUT2D eigenvalue weighted by molar-refractivity contribution is 5.96. The van der Waals surface area contributed by atoms with Crippen LogP contribution in [0.25, 0.3) is 11.4 Å². The van der Waals surface area contributed by atoms with Gasteiger partial charge in [-0.3, -0.25) is 14.9 Å². The molecule has 0 atom stereocenters. The van der Waals surface area contributed by atoms with Crippen molar-refractivity contribution in [3.63, 3.8) is 0 Å². The third-order valence-electron chi connectivity index (χ3n) is 4.98. The van der Waals surface area contributed by atoms with Crippen LogP contribution in [0.15, 0.2) is 48.5 Å². The van der Waals surface area contributed by atoms with Crippen LogP contribution in [0, 0.1) is 10.1 Å². The molecule has 30 heavy (non-hydrogen) atoms. The maximum absolute atomic E-state index is 12.2. The van der Waals surface area contributed by atoms with Crippen LogP contribution in [0.4, 0.5) is 11.4 Å². The van der Waals surface area contributed by atoms with E-state index >= 15 is 0 Å². The molecular formula is C21H22N6O3. The Balaban J connectivity index is 1.62. The highest BCUT2D eigenvalue weighted by Crippen LogP contribution is 2.32. The van der Waals surface area contributed by atoms with Crippen LogP contribution in [-0.4, -0.2) is 38.2 Å². The van der Waals surface area contributed by atoms with Gasteiger partial charge in [0, 0.05) is 36.3 Å². The van der Waals surface area contributed by atoms with Gasteiger partial charge < -0.3 is 14.8 Å². The number of hydrogen-bond donors (Lipinski definition) is 1. The topological polar surface area (TPSA) is 106 Å². The van der Waals surface area contributed by atoms with Crippen LogP contribution in [-0.2, 0) is 13.1 Å². The zero-order valence-corrected chi connectivity index (χ0v) is 16.8. The molecule has 1 aliphatic rings. The Kier molecular flexibility index (Phi) is 5.18. The molecule has 1 aromatic heterocycles. The molecule has 1 N–H and O–H groups in total. The quantitative estimate of drug-likeness (QED) is 0.516. The number of fused-ring (bicyclic) bond motifs is 1. The number of carbonyl (C=O) groups excluding carboxylic acids is 1. The Morgan fingerprint density at radius 3 is 2.60 bits per heavy atom. The predicted molar refractivity (Wildman–Crippen MR) is 112 cm³/mol. The lowest BCUT2D eigenvalue weighted by Crippen LogP contribution is -2.34. The van der Waals surface area contributed by atoms with Crippen molar-refractivity contribution in [1.82, 2.24) is 20.1 Å². The molecule has 9 heteroatoms. The fourth-order valence-electron chi connectivity index (χ4n) is 3.59. The minimum Gasteiger partial charge on any atom is -0.357 e. The van der Waals surface area contributed by atoms with Crippen LogP contribution in [0.1, 0.15) is 30.0 Å². The minimum absolute atomic E-state index is 0.0523. The summed E-state index contributed by atoms with van der Waals surface area (Å²) in [5.41, 5.74) is 1.63. The summed E-state index contributed by atoms with van der Waals surface area (Å²) in [6, 6.07) is 14.4. The van der Waals surface area contributed by atoms with Crippen LogP contribution in [0.3, 0.4) is 0 Å². The number of benzene rings is 2. The third-order valence-corrected chi connectivity index (χ3v) is 4.98. The molecule has 0 saturated carbocycles. The molecule has 0 bridgehead atoms. The zero-order chi connectivity index (χ0) is 21.3. The lowest BCUT2D eigenvalue weighted by atomic mass is 10.1. The standard InChI is InChI=1S/C21H22N6O3/c1-14(2)22-21(28)16-8-9-17(18(12-16)27(29)30)25-10-11-26-19(13-25)23-24-20(26)15-6-4-3-5-7-15/h3-9,12,14H,10-11,13H2,1-2H3,(H,22,28). The van der Waals surface area contributed by atoms with E-state index in [1.165, 1.54) is 6.07 Å². The number of nitrogens with one attached hydrogen (secondary N) is 1. The third kappa shape index (κ3) is 3.73. The van der Waals surface area contributed by atoms with E-state index in [2.05, 4.69) is 15.5 Å². The first kappa shape index (κ1) is 19.6. The molecule has 154 valence electrons. The maximum atomic E-state index is 12.2. The van der Waals surface area contributed by atoms with Crippen molar-refractivity contribution in [1.29, 1.82) is 0 Å². The van der Waals surface area contributed by atoms with Gasteiger partial charge in [0.25, 0.3) is 11.6 Å². The van der Waals surface area contributed by atoms with Crippen molar-refractivity contribution in [3.8, 4) is 11.4 Å². The average Bonchev–Trinajstić information content (AvgIpc) is 3.16. The van der Waals surface area contributed by atoms with E-state index in [4.69, 9.17) is 0 Å². The van der Waals surface area contributed by atoms with Gasteiger partial charge >= 0.3 is 0 Å². The summed E-state index contributed by atoms with van der Waals surface area (Å²) in [6.45, 7) is 5.27. The number of hydrogen-bond acceptors (Lipinski definition) is 6. The number of amides is 1. The van der Waals surface area contributed by atoms with Crippen LogP contribution in [0.5, 0.6) is 0 Å². The summed E-state index contributed by atoms with van der Waals surface area (Å²) >= 11 is 0. The van der Waals surface area contributed by atoms with Crippen molar-refractivity contribution < 1.29 is 9.72 Å². The molecule has 0 radical (unpaired) electrons. The molecule has 9 nitrogen and oxygen atoms in total. The van der Waals surface area contributed by atoms with Gasteiger partial charge in [-0.2, -0.15) is 0 Å². The predicted octanol–water partition coefficient (Wildman–Crippen LogP) is 3.01. The fraction of sp³-hybridized carbons (Fsp3) is 0.286. The van der Waals surface area contributed by atoms with Gasteiger partial charge in [-0.15, -0.1) is 10.2 Å². The number of anilines is 1. The van der Waals surface area contributed by atoms with Gasteiger partial charge in [-0.05, 0) is 26.0 Å². The highest BCUT2D eigenvalue weighted by Gasteiger charge is 2.27. The first-order valence-electron chi connectivity index (χ1n) is 9.76. The summed E-state index contributed by atoms with van der Waals surface area (Å²) in [4.78, 5) is 25.4. The molecule has 3 aromatic rings. The molecule has 0 unspecified atom stereocenters. The van der Waals surface area contributed by atoms with E-state index in [0.29, 0.717) is 25.3 Å². The lowest BCUT2D eigenvalue weighted by Gasteiger charge is -2.29. The summed E-state index contributed by atoms with van der Waals surface area (Å²) in [7, 11) is 0. The number of carbonyl (C=O) groups is 1. The summed E-state index contributed by atoms with van der Waals surface area (Å²) in [5.74, 6) is 1.21. The zero-order valence-electron chi connectivity index (χ0n) is 16.8. The number of nitrogens with zero attached hydrogens (tertiary/aromatic N) is 5. The number of nitro benzene ring substituents is 1. The molecule has 1 amide bonds. The van der Waals surface area contributed by atoms with Crippen molar-refractivity contribution in [2.45, 2.75) is 33.0 Å². The van der Waals surface area contributed by atoms with Crippen LogP contribution in [0.2, 0.25) is 0 Å². The van der Waals surface area contributed by atoms with Crippen LogP contribution >= 0.6 is 0 Å². The van der Waals surface area contributed by atoms with E-state index in [1.807, 2.05) is 53.6 Å². The Morgan fingerprint density at radius 1 is 1.13 bits per heavy atom. The molecule has 0 saturated heterocycles. The summed E-state index contributed by atoms with van der Waals surface area (Å²) < 4.78 is 2.04. The molecule has 0 spiro atoms. The summed E-state index contributed by atoms with van der Waals surface area (Å²) in [6.07, 6.45) is 0. The molecule has 0 aliphatic carbocycles. The van der Waals surface area contributed by atoms with Crippen molar-refractivity contribution in [3.05, 3.63) is 70.0 Å². The average molecular weight is 406 g/mol. The van der Waals surface area contributed by atoms with Gasteiger partial charge in [0.15, 0.2) is 11.6 Å². The first-order chi connectivity index (χ1) is 14.4. The monoisotopic (exact) mass is 406 g/mol. The van der Waals surface area contributed by atoms with E-state index < -0.39 is 4.92 Å². The lowest BCUT2D eigenvalue weighted by molar-refractivity contribution is -0.384. The molecule has 2 heterocycles. The maximum Gasteiger partial charge on any atom is 0.293 e. The second-order valence-corrected chi connectivity index (χ2v) is 7.47. The number of nitro groups is 1. The van der Waals surface area contributed by atoms with E-state index in [-0.39, 0.29) is 23.2 Å². The SMILES string of the molecule is CC(C)NC(=O)c1ccc(N2CCn3c(nnc3-c3ccccc3)C2)c([N+](=O)[O-])c1. The second kappa shape index (κ2) is 7.94. The molecule has 0 fully saturated rings. The van der Waals surface area contributed by atoms with Gasteiger partial charge in [-0.1, -0.05) is 30.3 Å². The van der Waals surface area contributed by atoms with Gasteiger partial charge in [0.2, 0.25) is 0 Å². The van der Waals surface area contributed by atoms with Crippen LogP contribution < -0.4 is 10.2 Å². The van der Waals surface area contributed by atoms with Crippen molar-refractivity contribution in [2.24, 2.45) is 0 Å². The Labute approximate surface area is 173 Å². The second-order valence-electron chi connectivity index (χ2n) is 7.47. The van der Waals surface area contributed by atoms with E-state index in [0.717, 1.165) is 17.2 Å². The molecule has 4 rings (SSSR count). The molecule has 2 aromatic carbocycles. The fourth-order valence-corrected chi connectivity index (χ4v) is 3.59. The normalized spacial score (nSPS) is 13.2. The largest absolute Gasteiger partial charge is 0.357 e. The Bertz CT molecular complexity index is 1090. The Hall–Kier alpha value is -3.75. The molecular weight excluding hydrogens is 384 g/mol. The smallest absolute Gasteiger partial charge is 0.293 e. The van der Waals surface area contributed by atoms with E-state index in [9.17, 15) is 14.9 Å². The van der Waals surface area contributed by atoms with Gasteiger partial charge in [0.1, 0.15) is 5.69 Å². The number of aromatic nitrogens is 3. The van der Waals surface area contributed by atoms with E-state index in [1.54, 1.807) is 12.1 Å². The van der Waals surface area contributed by atoms with Gasteiger partial charge in [0.05, 0.1) is 11.5 Å². The number of rotatable bonds is 5. The van der Waals surface area contributed by atoms with Crippen molar-refractivity contribution in [2.75, 3.05) is 11.4 Å². The van der Waals surface area contributed by atoms with Gasteiger partial charge in [-0.25, -0.2) is 0 Å². The highest BCUT2D eigenvalue weighted by atomic mass is 16.6. The molecule has 1 aliphatic heterocycles.